The van der Waals surface area contributed by atoms with E-state index in [1.54, 1.807) is 18.2 Å². The van der Waals surface area contributed by atoms with Crippen LogP contribution in [0.1, 0.15) is 36.0 Å². The van der Waals surface area contributed by atoms with Crippen LogP contribution in [0.4, 0.5) is 5.69 Å². The third kappa shape index (κ3) is 3.94. The summed E-state index contributed by atoms with van der Waals surface area (Å²) in [5, 5.41) is 21.7. The average Bonchev–Trinajstić information content (AvgIpc) is 2.39. The molecule has 4 nitrogen and oxygen atoms in total. The van der Waals surface area contributed by atoms with Gasteiger partial charge in [-0.05, 0) is 65.7 Å². The van der Waals surface area contributed by atoms with Crippen LogP contribution in [-0.2, 0) is 0 Å². The fourth-order valence-electron chi connectivity index (χ4n) is 2.39. The Bertz CT molecular complexity index is 456. The lowest BCUT2D eigenvalue weighted by Crippen LogP contribution is -2.23. The number of hydrogen-bond acceptors (Lipinski definition) is 3. The zero-order valence-corrected chi connectivity index (χ0v) is 12.2. The summed E-state index contributed by atoms with van der Waals surface area (Å²) in [6.45, 7) is 0.859. The molecule has 0 saturated heterocycles. The molecule has 0 aliphatic heterocycles. The van der Waals surface area contributed by atoms with Gasteiger partial charge in [0.2, 0.25) is 0 Å². The maximum Gasteiger partial charge on any atom is 0.335 e. The molecular weight excluding hydrogens is 310 g/mol. The molecule has 1 fully saturated rings. The van der Waals surface area contributed by atoms with E-state index in [0.717, 1.165) is 42.4 Å². The van der Waals surface area contributed by atoms with E-state index in [9.17, 15) is 9.90 Å². The lowest BCUT2D eigenvalue weighted by atomic mass is 9.87. The summed E-state index contributed by atoms with van der Waals surface area (Å²) in [6, 6.07) is 4.99. The molecule has 3 N–H and O–H groups in total. The van der Waals surface area contributed by atoms with Crippen molar-refractivity contribution in [1.82, 2.24) is 0 Å². The van der Waals surface area contributed by atoms with Crippen molar-refractivity contribution < 1.29 is 15.0 Å². The Morgan fingerprint density at radius 1 is 1.32 bits per heavy atom. The first kappa shape index (κ1) is 14.3. The van der Waals surface area contributed by atoms with E-state index < -0.39 is 5.97 Å². The maximum absolute atomic E-state index is 10.8. The van der Waals surface area contributed by atoms with Crippen LogP contribution in [-0.4, -0.2) is 28.8 Å². The van der Waals surface area contributed by atoms with E-state index in [2.05, 4.69) is 21.2 Å². The highest BCUT2D eigenvalue weighted by atomic mass is 79.9. The molecule has 1 aliphatic carbocycles. The van der Waals surface area contributed by atoms with Gasteiger partial charge in [0.15, 0.2) is 0 Å². The Hall–Kier alpha value is -1.07. The smallest absolute Gasteiger partial charge is 0.335 e. The summed E-state index contributed by atoms with van der Waals surface area (Å²) in [4.78, 5) is 10.8. The molecule has 0 heterocycles. The highest BCUT2D eigenvalue weighted by Crippen LogP contribution is 2.27. The summed E-state index contributed by atoms with van der Waals surface area (Å²) >= 11 is 3.38. The molecule has 19 heavy (non-hydrogen) atoms. The molecule has 0 atom stereocenters. The van der Waals surface area contributed by atoms with Gasteiger partial charge in [-0.25, -0.2) is 4.79 Å². The largest absolute Gasteiger partial charge is 0.478 e. The second-order valence-electron chi connectivity index (χ2n) is 5.06. The van der Waals surface area contributed by atoms with Crippen molar-refractivity contribution in [1.29, 1.82) is 0 Å². The summed E-state index contributed by atoms with van der Waals surface area (Å²) in [6.07, 6.45) is 3.72. The first-order valence-corrected chi connectivity index (χ1v) is 7.30. The zero-order chi connectivity index (χ0) is 13.8. The number of carboxylic acids is 1. The van der Waals surface area contributed by atoms with Crippen molar-refractivity contribution in [2.24, 2.45) is 5.92 Å². The van der Waals surface area contributed by atoms with Crippen LogP contribution in [0.5, 0.6) is 0 Å². The van der Waals surface area contributed by atoms with Crippen LogP contribution in [0.3, 0.4) is 0 Å². The number of aliphatic hydroxyl groups excluding tert-OH is 1. The number of aromatic carboxylic acids is 1. The van der Waals surface area contributed by atoms with Crippen molar-refractivity contribution in [2.45, 2.75) is 31.8 Å². The molecular formula is C14H18BrNO3. The number of anilines is 1. The van der Waals surface area contributed by atoms with E-state index >= 15 is 0 Å². The zero-order valence-electron chi connectivity index (χ0n) is 10.6. The molecule has 0 radical (unpaired) electrons. The average molecular weight is 328 g/mol. The van der Waals surface area contributed by atoms with Crippen molar-refractivity contribution in [3.8, 4) is 0 Å². The second-order valence-corrected chi connectivity index (χ2v) is 5.91. The van der Waals surface area contributed by atoms with Gasteiger partial charge in [0.05, 0.1) is 11.7 Å². The Morgan fingerprint density at radius 2 is 2.00 bits per heavy atom. The SMILES string of the molecule is O=C(O)c1ccc(NCC2CCC(O)CC2)c(Br)c1. The normalized spacial score (nSPS) is 23.1. The minimum absolute atomic E-state index is 0.127. The fourth-order valence-corrected chi connectivity index (χ4v) is 2.91. The molecule has 2 rings (SSSR count). The van der Waals surface area contributed by atoms with Gasteiger partial charge in [-0.3, -0.25) is 0 Å². The molecule has 1 aliphatic rings. The maximum atomic E-state index is 10.8. The third-order valence-corrected chi connectivity index (χ3v) is 4.27. The number of carbonyl (C=O) groups is 1. The molecule has 104 valence electrons. The molecule has 5 heteroatoms. The predicted octanol–water partition coefficient (Wildman–Crippen LogP) is 3.11. The molecule has 1 aromatic carbocycles. The Balaban J connectivity index is 1.91. The Labute approximate surface area is 121 Å². The van der Waals surface area contributed by atoms with Gasteiger partial charge in [-0.1, -0.05) is 0 Å². The first-order chi connectivity index (χ1) is 9.06. The van der Waals surface area contributed by atoms with Gasteiger partial charge in [-0.2, -0.15) is 0 Å². The molecule has 0 amide bonds. The van der Waals surface area contributed by atoms with Gasteiger partial charge < -0.3 is 15.5 Å². The van der Waals surface area contributed by atoms with E-state index in [4.69, 9.17) is 5.11 Å². The number of halogens is 1. The summed E-state index contributed by atoms with van der Waals surface area (Å²) in [7, 11) is 0. The fraction of sp³-hybridized carbons (Fsp3) is 0.500. The molecule has 1 saturated carbocycles. The van der Waals surface area contributed by atoms with Crippen molar-refractivity contribution >= 4 is 27.6 Å². The van der Waals surface area contributed by atoms with E-state index in [0.29, 0.717) is 5.92 Å². The summed E-state index contributed by atoms with van der Waals surface area (Å²) < 4.78 is 0.767. The summed E-state index contributed by atoms with van der Waals surface area (Å²) in [5.74, 6) is -0.344. The number of aliphatic hydroxyl groups is 1. The number of carboxylic acid groups (broad SMARTS) is 1. The van der Waals surface area contributed by atoms with Crippen LogP contribution in [0.2, 0.25) is 0 Å². The highest BCUT2D eigenvalue weighted by Gasteiger charge is 2.19. The third-order valence-electron chi connectivity index (χ3n) is 3.61. The van der Waals surface area contributed by atoms with Gasteiger partial charge >= 0.3 is 5.97 Å². The van der Waals surface area contributed by atoms with Gasteiger partial charge in [0, 0.05) is 16.7 Å². The lowest BCUT2D eigenvalue weighted by molar-refractivity contribution is 0.0697. The standard InChI is InChI=1S/C14H18BrNO3/c15-12-7-10(14(18)19)3-6-13(12)16-8-9-1-4-11(17)5-2-9/h3,6-7,9,11,16-17H,1-2,4-5,8H2,(H,18,19). The molecule has 0 aromatic heterocycles. The quantitative estimate of drug-likeness (QED) is 0.794. The first-order valence-electron chi connectivity index (χ1n) is 6.51. The predicted molar refractivity (Wildman–Crippen MR) is 77.6 cm³/mol. The van der Waals surface area contributed by atoms with Crippen LogP contribution in [0.25, 0.3) is 0 Å². The molecule has 0 spiro atoms. The number of hydrogen-bond donors (Lipinski definition) is 3. The number of rotatable bonds is 4. The van der Waals surface area contributed by atoms with Crippen LogP contribution in [0.15, 0.2) is 22.7 Å². The Morgan fingerprint density at radius 3 is 2.58 bits per heavy atom. The highest BCUT2D eigenvalue weighted by molar-refractivity contribution is 9.10. The minimum Gasteiger partial charge on any atom is -0.478 e. The monoisotopic (exact) mass is 327 g/mol. The van der Waals surface area contributed by atoms with E-state index in [-0.39, 0.29) is 11.7 Å². The van der Waals surface area contributed by atoms with Crippen LogP contribution >= 0.6 is 15.9 Å². The second kappa shape index (κ2) is 6.39. The van der Waals surface area contributed by atoms with Crippen LogP contribution < -0.4 is 5.32 Å². The topological polar surface area (TPSA) is 69.6 Å². The minimum atomic E-state index is -0.923. The van der Waals surface area contributed by atoms with Crippen LogP contribution in [0, 0.1) is 5.92 Å². The number of nitrogens with one attached hydrogen (secondary N) is 1. The summed E-state index contributed by atoms with van der Waals surface area (Å²) in [5.41, 5.74) is 1.19. The Kier molecular flexibility index (Phi) is 4.82. The lowest BCUT2D eigenvalue weighted by Gasteiger charge is -2.26. The van der Waals surface area contributed by atoms with E-state index in [1.807, 2.05) is 0 Å². The molecule has 1 aromatic rings. The van der Waals surface area contributed by atoms with Gasteiger partial charge in [0.25, 0.3) is 0 Å². The van der Waals surface area contributed by atoms with E-state index in [1.165, 1.54) is 0 Å². The van der Waals surface area contributed by atoms with Crippen molar-refractivity contribution in [3.05, 3.63) is 28.2 Å². The van der Waals surface area contributed by atoms with Gasteiger partial charge in [-0.15, -0.1) is 0 Å². The number of benzene rings is 1. The molecule has 0 bridgehead atoms. The van der Waals surface area contributed by atoms with Crippen molar-refractivity contribution in [2.75, 3.05) is 11.9 Å². The molecule has 0 unspecified atom stereocenters. The van der Waals surface area contributed by atoms with Gasteiger partial charge in [0.1, 0.15) is 0 Å². The van der Waals surface area contributed by atoms with Crippen molar-refractivity contribution in [3.63, 3.8) is 0 Å².